The summed E-state index contributed by atoms with van der Waals surface area (Å²) in [6, 6.07) is 16.2. The smallest absolute Gasteiger partial charge is 0.328 e. The maximum atomic E-state index is 13.9. The molecule has 3 atom stereocenters. The fourth-order valence-electron chi connectivity index (χ4n) is 5.54. The van der Waals surface area contributed by atoms with E-state index in [4.69, 9.17) is 9.47 Å². The second-order valence-corrected chi connectivity index (χ2v) is 8.09. The minimum absolute atomic E-state index is 0.175. The summed E-state index contributed by atoms with van der Waals surface area (Å²) in [4.78, 5) is 42.9. The van der Waals surface area contributed by atoms with Crippen LogP contribution >= 0.6 is 0 Å². The zero-order valence-electron chi connectivity index (χ0n) is 16.8. The first-order valence-corrected chi connectivity index (χ1v) is 10.4. The average molecular weight is 405 g/mol. The molecule has 154 valence electrons. The van der Waals surface area contributed by atoms with E-state index in [1.807, 2.05) is 25.1 Å². The molecule has 3 aliphatic rings. The van der Waals surface area contributed by atoms with Crippen LogP contribution in [-0.2, 0) is 14.3 Å². The standard InChI is InChI=1S/C24H23NO5/c1-2-23(20(26)16-8-4-3-5-9-16)19-17-10-6-7-11-18(17)30-22(28)24(19,23)21(27)25-12-14-29-15-13-25/h3-11,19H,2,12-15H2,1H3/t19-,23+,24+/m1/s1. The zero-order chi connectivity index (χ0) is 20.9. The SMILES string of the molecule is CC[C@@]1(C(=O)c2ccccc2)[C@H]2c3ccccc3OC(=O)[C@@]21C(=O)N1CCOCC1. The van der Waals surface area contributed by atoms with Crippen molar-refractivity contribution in [3.8, 4) is 5.75 Å². The van der Waals surface area contributed by atoms with E-state index < -0.39 is 22.7 Å². The van der Waals surface area contributed by atoms with Crippen LogP contribution in [0.5, 0.6) is 5.75 Å². The summed E-state index contributed by atoms with van der Waals surface area (Å²) in [5, 5.41) is 0. The number of hydrogen-bond acceptors (Lipinski definition) is 5. The quantitative estimate of drug-likeness (QED) is 0.339. The lowest BCUT2D eigenvalue weighted by molar-refractivity contribution is -0.156. The van der Waals surface area contributed by atoms with Crippen LogP contribution in [0.2, 0.25) is 0 Å². The number of carbonyl (C=O) groups excluding carboxylic acids is 3. The van der Waals surface area contributed by atoms with Gasteiger partial charge in [-0.25, -0.2) is 0 Å². The number of nitrogens with zero attached hydrogens (tertiary/aromatic N) is 1. The van der Waals surface area contributed by atoms with Crippen LogP contribution in [-0.4, -0.2) is 48.9 Å². The highest BCUT2D eigenvalue weighted by atomic mass is 16.5. The van der Waals surface area contributed by atoms with Crippen molar-refractivity contribution in [1.82, 2.24) is 4.90 Å². The normalized spacial score (nSPS) is 29.4. The van der Waals surface area contributed by atoms with Gasteiger partial charge in [-0.05, 0) is 12.5 Å². The lowest BCUT2D eigenvalue weighted by Crippen LogP contribution is -2.51. The number of carbonyl (C=O) groups is 3. The van der Waals surface area contributed by atoms with E-state index in [2.05, 4.69) is 0 Å². The third kappa shape index (κ3) is 2.25. The Bertz CT molecular complexity index is 1030. The molecule has 2 fully saturated rings. The number of amides is 1. The Balaban J connectivity index is 1.70. The number of rotatable bonds is 4. The number of Topliss-reactive ketones (excluding diaryl/α,β-unsaturated/α-hetero) is 1. The predicted molar refractivity (Wildman–Crippen MR) is 108 cm³/mol. The van der Waals surface area contributed by atoms with Crippen molar-refractivity contribution < 1.29 is 23.9 Å². The van der Waals surface area contributed by atoms with Crippen LogP contribution in [0, 0.1) is 10.8 Å². The number of para-hydroxylation sites is 1. The van der Waals surface area contributed by atoms with E-state index in [0.29, 0.717) is 44.0 Å². The number of morpholine rings is 1. The molecule has 6 nitrogen and oxygen atoms in total. The Morgan fingerprint density at radius 3 is 2.40 bits per heavy atom. The monoisotopic (exact) mass is 405 g/mol. The lowest BCUT2D eigenvalue weighted by atomic mass is 9.82. The summed E-state index contributed by atoms with van der Waals surface area (Å²) >= 11 is 0. The molecule has 0 radical (unpaired) electrons. The van der Waals surface area contributed by atoms with Crippen molar-refractivity contribution in [3.63, 3.8) is 0 Å². The second-order valence-electron chi connectivity index (χ2n) is 8.09. The predicted octanol–water partition coefficient (Wildman–Crippen LogP) is 2.83. The number of ketones is 1. The molecule has 5 rings (SSSR count). The summed E-state index contributed by atoms with van der Waals surface area (Å²) in [7, 11) is 0. The molecule has 0 bridgehead atoms. The second kappa shape index (κ2) is 6.77. The van der Waals surface area contributed by atoms with Crippen LogP contribution in [0.3, 0.4) is 0 Å². The summed E-state index contributed by atoms with van der Waals surface area (Å²) in [5.41, 5.74) is -1.42. The van der Waals surface area contributed by atoms with Gasteiger partial charge in [-0.2, -0.15) is 0 Å². The molecule has 30 heavy (non-hydrogen) atoms. The molecule has 2 aromatic rings. The first-order chi connectivity index (χ1) is 14.6. The minimum atomic E-state index is -1.53. The highest BCUT2D eigenvalue weighted by molar-refractivity contribution is 6.21. The van der Waals surface area contributed by atoms with Gasteiger partial charge in [-0.15, -0.1) is 0 Å². The molecule has 2 aliphatic heterocycles. The van der Waals surface area contributed by atoms with Crippen molar-refractivity contribution in [1.29, 1.82) is 0 Å². The van der Waals surface area contributed by atoms with Gasteiger partial charge < -0.3 is 14.4 Å². The van der Waals surface area contributed by atoms with Crippen molar-refractivity contribution in [2.45, 2.75) is 19.3 Å². The van der Waals surface area contributed by atoms with Gasteiger partial charge in [0.15, 0.2) is 11.2 Å². The molecular weight excluding hydrogens is 382 g/mol. The molecule has 6 heteroatoms. The summed E-state index contributed by atoms with van der Waals surface area (Å²) in [6.07, 6.45) is 0.366. The van der Waals surface area contributed by atoms with Gasteiger partial charge in [-0.3, -0.25) is 14.4 Å². The van der Waals surface area contributed by atoms with Gasteiger partial charge in [0.1, 0.15) is 5.75 Å². The van der Waals surface area contributed by atoms with Crippen LogP contribution in [0.25, 0.3) is 0 Å². The summed E-state index contributed by atoms with van der Waals surface area (Å²) in [5.74, 6) is -1.20. The van der Waals surface area contributed by atoms with E-state index in [9.17, 15) is 14.4 Å². The molecule has 0 spiro atoms. The van der Waals surface area contributed by atoms with E-state index >= 15 is 0 Å². The maximum Gasteiger partial charge on any atom is 0.328 e. The third-order valence-electron chi connectivity index (χ3n) is 6.94. The van der Waals surface area contributed by atoms with Crippen molar-refractivity contribution in [2.24, 2.45) is 10.8 Å². The Labute approximate surface area is 174 Å². The Kier molecular flexibility index (Phi) is 4.29. The molecular formula is C24H23NO5. The van der Waals surface area contributed by atoms with Crippen molar-refractivity contribution in [3.05, 3.63) is 65.7 Å². The number of benzene rings is 2. The summed E-state index contributed by atoms with van der Waals surface area (Å²) < 4.78 is 11.1. The minimum Gasteiger partial charge on any atom is -0.425 e. The Hall–Kier alpha value is -2.99. The largest absolute Gasteiger partial charge is 0.425 e. The molecule has 1 aliphatic carbocycles. The van der Waals surface area contributed by atoms with Gasteiger partial charge in [-0.1, -0.05) is 55.5 Å². The highest BCUT2D eigenvalue weighted by Crippen LogP contribution is 2.80. The molecule has 0 aromatic heterocycles. The Morgan fingerprint density at radius 2 is 1.70 bits per heavy atom. The zero-order valence-corrected chi connectivity index (χ0v) is 16.8. The average Bonchev–Trinajstić information content (AvgIpc) is 3.46. The number of hydrogen-bond donors (Lipinski definition) is 0. The first-order valence-electron chi connectivity index (χ1n) is 10.4. The fraction of sp³-hybridized carbons (Fsp3) is 0.375. The topological polar surface area (TPSA) is 72.9 Å². The molecule has 0 unspecified atom stereocenters. The summed E-state index contributed by atoms with van der Waals surface area (Å²) in [6.45, 7) is 3.53. The van der Waals surface area contributed by atoms with Crippen LogP contribution < -0.4 is 4.74 Å². The van der Waals surface area contributed by atoms with Gasteiger partial charge in [0.2, 0.25) is 5.91 Å². The lowest BCUT2D eigenvalue weighted by Gasteiger charge is -2.32. The van der Waals surface area contributed by atoms with Crippen LogP contribution in [0.1, 0.15) is 35.2 Å². The number of esters is 1. The Morgan fingerprint density at radius 1 is 1.03 bits per heavy atom. The molecule has 1 amide bonds. The molecule has 2 aromatic carbocycles. The molecule has 0 N–H and O–H groups in total. The van der Waals surface area contributed by atoms with Crippen LogP contribution in [0.4, 0.5) is 0 Å². The first kappa shape index (κ1) is 19.0. The molecule has 1 saturated heterocycles. The van der Waals surface area contributed by atoms with E-state index in [1.54, 1.807) is 41.3 Å². The van der Waals surface area contributed by atoms with Gasteiger partial charge >= 0.3 is 5.97 Å². The molecule has 2 heterocycles. The van der Waals surface area contributed by atoms with E-state index in [1.165, 1.54) is 0 Å². The van der Waals surface area contributed by atoms with E-state index in [-0.39, 0.29) is 11.7 Å². The van der Waals surface area contributed by atoms with E-state index in [0.717, 1.165) is 5.56 Å². The van der Waals surface area contributed by atoms with Crippen LogP contribution in [0.15, 0.2) is 54.6 Å². The maximum absolute atomic E-state index is 13.9. The van der Waals surface area contributed by atoms with Gasteiger partial charge in [0, 0.05) is 30.1 Å². The third-order valence-corrected chi connectivity index (χ3v) is 6.94. The fourth-order valence-corrected chi connectivity index (χ4v) is 5.54. The highest BCUT2D eigenvalue weighted by Gasteiger charge is 2.89. The van der Waals surface area contributed by atoms with Gasteiger partial charge in [0.25, 0.3) is 0 Å². The molecule has 1 saturated carbocycles. The van der Waals surface area contributed by atoms with Crippen molar-refractivity contribution >= 4 is 17.7 Å². The van der Waals surface area contributed by atoms with Crippen molar-refractivity contribution in [2.75, 3.05) is 26.3 Å². The number of fused-ring (bicyclic) bond motifs is 3. The number of ether oxygens (including phenoxy) is 2. The van der Waals surface area contributed by atoms with Gasteiger partial charge in [0.05, 0.1) is 18.6 Å².